The second-order valence-corrected chi connectivity index (χ2v) is 2.42. The van der Waals surface area contributed by atoms with Crippen LogP contribution in [0.1, 0.15) is 6.92 Å². The summed E-state index contributed by atoms with van der Waals surface area (Å²) in [5, 5.41) is 8.09. The highest BCUT2D eigenvalue weighted by molar-refractivity contribution is 6.44. The van der Waals surface area contributed by atoms with Crippen LogP contribution in [0, 0.1) is 17.2 Å². The third kappa shape index (κ3) is 2.73. The maximum absolute atomic E-state index is 8.09. The number of halogens is 2. The van der Waals surface area contributed by atoms with Gasteiger partial charge in [0, 0.05) is 0 Å². The summed E-state index contributed by atoms with van der Waals surface area (Å²) in [5.74, 6) is -0.261. The summed E-state index contributed by atoms with van der Waals surface area (Å²) in [5.41, 5.74) is 0. The largest absolute Gasteiger partial charge is 0.198 e. The Morgan fingerprint density at radius 2 is 2.00 bits per heavy atom. The van der Waals surface area contributed by atoms with Crippen LogP contribution in [0.25, 0.3) is 0 Å². The smallest absolute Gasteiger partial charge is 0.123 e. The number of nitriles is 1. The van der Waals surface area contributed by atoms with Crippen LogP contribution < -0.4 is 0 Å². The van der Waals surface area contributed by atoms with Crippen LogP contribution in [0.3, 0.4) is 0 Å². The van der Waals surface area contributed by atoms with Gasteiger partial charge in [0.2, 0.25) is 0 Å². The van der Waals surface area contributed by atoms with Gasteiger partial charge in [0.25, 0.3) is 0 Å². The van der Waals surface area contributed by atoms with E-state index in [-0.39, 0.29) is 5.92 Å². The van der Waals surface area contributed by atoms with Crippen LogP contribution in [-0.2, 0) is 0 Å². The molecule has 0 aliphatic carbocycles. The van der Waals surface area contributed by atoms with Gasteiger partial charge in [-0.1, -0.05) is 0 Å². The normalized spacial score (nSPS) is 13.6. The molecule has 0 saturated carbocycles. The Balaban J connectivity index is 3.40. The molecule has 1 atom stereocenters. The predicted molar refractivity (Wildman–Crippen MR) is 30.3 cm³/mol. The van der Waals surface area contributed by atoms with Crippen molar-refractivity contribution in [3.63, 3.8) is 0 Å². The van der Waals surface area contributed by atoms with E-state index < -0.39 is 4.84 Å². The van der Waals surface area contributed by atoms with E-state index in [0.29, 0.717) is 0 Å². The molecule has 0 rings (SSSR count). The third-order valence-corrected chi connectivity index (χ3v) is 1.34. The van der Waals surface area contributed by atoms with E-state index in [1.54, 1.807) is 6.92 Å². The Hall–Kier alpha value is 0.0700. The van der Waals surface area contributed by atoms with E-state index in [4.69, 9.17) is 28.5 Å². The minimum Gasteiger partial charge on any atom is -0.198 e. The van der Waals surface area contributed by atoms with Crippen molar-refractivity contribution in [2.75, 3.05) is 0 Å². The third-order valence-electron chi connectivity index (χ3n) is 0.582. The van der Waals surface area contributed by atoms with E-state index in [1.807, 2.05) is 6.07 Å². The fourth-order valence-electron chi connectivity index (χ4n) is 0.0563. The van der Waals surface area contributed by atoms with Crippen LogP contribution >= 0.6 is 23.2 Å². The minimum atomic E-state index is -0.551. The van der Waals surface area contributed by atoms with Gasteiger partial charge in [0.15, 0.2) is 0 Å². The molecule has 0 bridgehead atoms. The average molecular weight is 138 g/mol. The molecular weight excluding hydrogens is 133 g/mol. The Bertz CT molecular complexity index is 84.2. The van der Waals surface area contributed by atoms with Crippen molar-refractivity contribution in [3.05, 3.63) is 0 Å². The van der Waals surface area contributed by atoms with Gasteiger partial charge in [-0.2, -0.15) is 5.26 Å². The minimum absolute atomic E-state index is 0.261. The van der Waals surface area contributed by atoms with E-state index in [0.717, 1.165) is 0 Å². The molecule has 0 saturated heterocycles. The van der Waals surface area contributed by atoms with Gasteiger partial charge in [-0.25, -0.2) is 0 Å². The fraction of sp³-hybridized carbons (Fsp3) is 0.750. The first kappa shape index (κ1) is 7.07. The summed E-state index contributed by atoms with van der Waals surface area (Å²) in [6, 6.07) is 1.90. The number of hydrogen-bond donors (Lipinski definition) is 0. The monoisotopic (exact) mass is 137 g/mol. The first-order chi connectivity index (χ1) is 3.18. The molecule has 0 aliphatic rings. The van der Waals surface area contributed by atoms with Crippen molar-refractivity contribution in [1.82, 2.24) is 0 Å². The molecule has 0 spiro atoms. The molecule has 0 aromatic rings. The van der Waals surface area contributed by atoms with Crippen LogP contribution in [-0.4, -0.2) is 4.84 Å². The molecule has 0 aromatic carbocycles. The quantitative estimate of drug-likeness (QED) is 0.508. The van der Waals surface area contributed by atoms with E-state index >= 15 is 0 Å². The lowest BCUT2D eigenvalue weighted by Crippen LogP contribution is -1.99. The molecule has 1 unspecified atom stereocenters. The topological polar surface area (TPSA) is 23.8 Å². The standard InChI is InChI=1S/C4H5Cl2N/c1-3(2-7)4(5)6/h3-4H,1H3. The van der Waals surface area contributed by atoms with Crippen molar-refractivity contribution in [3.8, 4) is 6.07 Å². The van der Waals surface area contributed by atoms with Crippen molar-refractivity contribution in [1.29, 1.82) is 5.26 Å². The summed E-state index contributed by atoms with van der Waals surface area (Å²) in [6.45, 7) is 1.67. The predicted octanol–water partition coefficient (Wildman–Crippen LogP) is 1.95. The van der Waals surface area contributed by atoms with E-state index in [1.165, 1.54) is 0 Å². The molecule has 0 fully saturated rings. The second-order valence-electron chi connectivity index (χ2n) is 1.25. The number of nitrogens with zero attached hydrogens (tertiary/aromatic N) is 1. The number of hydrogen-bond acceptors (Lipinski definition) is 1. The van der Waals surface area contributed by atoms with Crippen molar-refractivity contribution in [2.45, 2.75) is 11.8 Å². The molecule has 0 amide bonds. The van der Waals surface area contributed by atoms with Crippen molar-refractivity contribution < 1.29 is 0 Å². The highest BCUT2D eigenvalue weighted by atomic mass is 35.5. The molecule has 7 heavy (non-hydrogen) atoms. The molecule has 1 nitrogen and oxygen atoms in total. The number of rotatable bonds is 1. The molecule has 0 radical (unpaired) electrons. The molecule has 40 valence electrons. The summed E-state index contributed by atoms with van der Waals surface area (Å²) in [7, 11) is 0. The molecule has 0 aromatic heterocycles. The summed E-state index contributed by atoms with van der Waals surface area (Å²) in [6.07, 6.45) is 0. The Morgan fingerprint density at radius 1 is 1.57 bits per heavy atom. The maximum Gasteiger partial charge on any atom is 0.123 e. The zero-order chi connectivity index (χ0) is 5.86. The van der Waals surface area contributed by atoms with Gasteiger partial charge < -0.3 is 0 Å². The fourth-order valence-corrected chi connectivity index (χ4v) is 0.169. The van der Waals surface area contributed by atoms with Crippen LogP contribution in [0.15, 0.2) is 0 Å². The van der Waals surface area contributed by atoms with E-state index in [2.05, 4.69) is 0 Å². The molecule has 3 heteroatoms. The maximum atomic E-state index is 8.09. The summed E-state index contributed by atoms with van der Waals surface area (Å²) in [4.78, 5) is -0.551. The second kappa shape index (κ2) is 3.12. The average Bonchev–Trinajstić information content (AvgIpc) is 1.65. The van der Waals surface area contributed by atoms with Gasteiger partial charge in [0.05, 0.1) is 12.0 Å². The Labute approximate surface area is 52.8 Å². The van der Waals surface area contributed by atoms with Gasteiger partial charge in [0.1, 0.15) is 4.84 Å². The van der Waals surface area contributed by atoms with Crippen LogP contribution in [0.2, 0.25) is 0 Å². The molecular formula is C4H5Cl2N. The molecule has 0 N–H and O–H groups in total. The number of alkyl halides is 2. The first-order valence-corrected chi connectivity index (χ1v) is 2.73. The van der Waals surface area contributed by atoms with Gasteiger partial charge in [-0.15, -0.1) is 23.2 Å². The summed E-state index contributed by atoms with van der Waals surface area (Å²) >= 11 is 10.5. The van der Waals surface area contributed by atoms with Crippen molar-refractivity contribution >= 4 is 23.2 Å². The Morgan fingerprint density at radius 3 is 2.00 bits per heavy atom. The highest BCUT2D eigenvalue weighted by Gasteiger charge is 2.07. The zero-order valence-electron chi connectivity index (χ0n) is 3.86. The van der Waals surface area contributed by atoms with Gasteiger partial charge in [-0.3, -0.25) is 0 Å². The lowest BCUT2D eigenvalue weighted by molar-refractivity contribution is 0.815. The molecule has 0 heterocycles. The lowest BCUT2D eigenvalue weighted by Gasteiger charge is -1.97. The SMILES string of the molecule is CC(C#N)C(Cl)Cl. The van der Waals surface area contributed by atoms with Crippen LogP contribution in [0.5, 0.6) is 0 Å². The lowest BCUT2D eigenvalue weighted by atomic mass is 10.3. The Kier molecular flexibility index (Phi) is 3.15. The van der Waals surface area contributed by atoms with Crippen LogP contribution in [0.4, 0.5) is 0 Å². The highest BCUT2D eigenvalue weighted by Crippen LogP contribution is 2.12. The van der Waals surface area contributed by atoms with Crippen molar-refractivity contribution in [2.24, 2.45) is 5.92 Å². The van der Waals surface area contributed by atoms with Gasteiger partial charge in [-0.05, 0) is 6.92 Å². The zero-order valence-corrected chi connectivity index (χ0v) is 5.37. The summed E-state index contributed by atoms with van der Waals surface area (Å²) < 4.78 is 0. The molecule has 0 aliphatic heterocycles. The first-order valence-electron chi connectivity index (χ1n) is 1.86. The van der Waals surface area contributed by atoms with E-state index in [9.17, 15) is 0 Å². The van der Waals surface area contributed by atoms with Gasteiger partial charge >= 0.3 is 0 Å².